The number of benzene rings is 2. The molecule has 4 aromatic rings. The van der Waals surface area contributed by atoms with Crippen LogP contribution in [0.2, 0.25) is 0 Å². The van der Waals surface area contributed by atoms with Gasteiger partial charge in [0.1, 0.15) is 5.82 Å². The maximum absolute atomic E-state index is 13.3. The third-order valence-electron chi connectivity index (χ3n) is 4.67. The number of aryl methyl sites for hydroxylation is 1. The van der Waals surface area contributed by atoms with Gasteiger partial charge < -0.3 is 10.6 Å². The molecule has 2 heterocycles. The predicted octanol–water partition coefficient (Wildman–Crippen LogP) is 3.78. The first kappa shape index (κ1) is 22.2. The Bertz CT molecular complexity index is 1420. The van der Waals surface area contributed by atoms with E-state index in [0.717, 1.165) is 17.3 Å². The van der Waals surface area contributed by atoms with Gasteiger partial charge in [0.05, 0.1) is 16.7 Å². The van der Waals surface area contributed by atoms with Crippen LogP contribution in [-0.2, 0) is 9.59 Å². The van der Waals surface area contributed by atoms with Crippen LogP contribution in [-0.4, -0.2) is 32.1 Å². The number of para-hydroxylation sites is 1. The van der Waals surface area contributed by atoms with Crippen molar-refractivity contribution in [1.82, 2.24) is 14.5 Å². The van der Waals surface area contributed by atoms with Crippen LogP contribution in [0.3, 0.4) is 0 Å². The number of anilines is 2. The molecule has 0 bridgehead atoms. The molecule has 0 aliphatic rings. The highest BCUT2D eigenvalue weighted by Crippen LogP contribution is 2.22. The molecule has 0 fully saturated rings. The van der Waals surface area contributed by atoms with E-state index in [0.29, 0.717) is 33.3 Å². The van der Waals surface area contributed by atoms with Crippen molar-refractivity contribution >= 4 is 45.9 Å². The molecule has 2 amide bonds. The molecule has 9 heteroatoms. The van der Waals surface area contributed by atoms with E-state index < -0.39 is 0 Å². The van der Waals surface area contributed by atoms with Crippen LogP contribution in [0.4, 0.5) is 11.4 Å². The Kier molecular flexibility index (Phi) is 6.50. The first-order valence-electron chi connectivity index (χ1n) is 10.2. The molecule has 0 unspecified atom stereocenters. The summed E-state index contributed by atoms with van der Waals surface area (Å²) in [6, 6.07) is 17.6. The van der Waals surface area contributed by atoms with E-state index in [4.69, 9.17) is 0 Å². The molecule has 0 saturated heterocycles. The number of rotatable bonds is 6. The number of amides is 2. The monoisotopic (exact) mass is 459 g/mol. The number of pyridine rings is 1. The normalized spacial score (nSPS) is 10.7. The summed E-state index contributed by atoms with van der Waals surface area (Å²) in [6.07, 6.45) is 1.63. The molecule has 0 aliphatic carbocycles. The van der Waals surface area contributed by atoms with Crippen molar-refractivity contribution in [3.05, 3.63) is 82.8 Å². The van der Waals surface area contributed by atoms with Gasteiger partial charge in [-0.3, -0.25) is 14.4 Å². The molecule has 166 valence electrons. The molecule has 2 aromatic heterocycles. The van der Waals surface area contributed by atoms with Gasteiger partial charge >= 0.3 is 0 Å². The number of fused-ring (bicyclic) bond motifs is 1. The van der Waals surface area contributed by atoms with Gasteiger partial charge in [-0.1, -0.05) is 30.0 Å². The van der Waals surface area contributed by atoms with E-state index in [1.165, 1.54) is 11.5 Å². The highest BCUT2D eigenvalue weighted by Gasteiger charge is 2.16. The van der Waals surface area contributed by atoms with Crippen LogP contribution in [0.1, 0.15) is 12.5 Å². The average molecular weight is 460 g/mol. The summed E-state index contributed by atoms with van der Waals surface area (Å²) in [5.74, 6) is 0.00970. The lowest BCUT2D eigenvalue weighted by Crippen LogP contribution is -2.23. The Morgan fingerprint density at radius 3 is 2.52 bits per heavy atom. The lowest BCUT2D eigenvalue weighted by molar-refractivity contribution is -0.114. The fraction of sp³-hybridized carbons (Fsp3) is 0.125. The highest BCUT2D eigenvalue weighted by atomic mass is 32.2. The quantitative estimate of drug-likeness (QED) is 0.336. The summed E-state index contributed by atoms with van der Waals surface area (Å²) in [6.45, 7) is 3.33. The van der Waals surface area contributed by atoms with Crippen molar-refractivity contribution in [2.24, 2.45) is 0 Å². The minimum Gasteiger partial charge on any atom is -0.326 e. The molecule has 2 aromatic carbocycles. The second-order valence-electron chi connectivity index (χ2n) is 7.34. The first-order chi connectivity index (χ1) is 15.9. The van der Waals surface area contributed by atoms with E-state index in [2.05, 4.69) is 20.6 Å². The van der Waals surface area contributed by atoms with Gasteiger partial charge in [0.25, 0.3) is 5.56 Å². The van der Waals surface area contributed by atoms with E-state index >= 15 is 0 Å². The van der Waals surface area contributed by atoms with Crippen molar-refractivity contribution in [2.75, 3.05) is 16.4 Å². The summed E-state index contributed by atoms with van der Waals surface area (Å²) in [4.78, 5) is 46.1. The maximum atomic E-state index is 13.3. The van der Waals surface area contributed by atoms with Crippen molar-refractivity contribution in [2.45, 2.75) is 19.0 Å². The van der Waals surface area contributed by atoms with Crippen molar-refractivity contribution in [1.29, 1.82) is 0 Å². The van der Waals surface area contributed by atoms with Crippen molar-refractivity contribution < 1.29 is 9.59 Å². The number of nitrogens with zero attached hydrogens (tertiary/aromatic N) is 3. The number of hydrogen-bond donors (Lipinski definition) is 2. The summed E-state index contributed by atoms with van der Waals surface area (Å²) < 4.78 is 1.44. The van der Waals surface area contributed by atoms with Gasteiger partial charge in [-0.05, 0) is 55.0 Å². The summed E-state index contributed by atoms with van der Waals surface area (Å²) in [5, 5.41) is 6.33. The van der Waals surface area contributed by atoms with E-state index in [1.54, 1.807) is 54.7 Å². The molecule has 0 atom stereocenters. The van der Waals surface area contributed by atoms with E-state index in [-0.39, 0.29) is 23.1 Å². The molecular weight excluding hydrogens is 438 g/mol. The third kappa shape index (κ3) is 5.27. The lowest BCUT2D eigenvalue weighted by atomic mass is 10.2. The smallest absolute Gasteiger partial charge is 0.267 e. The van der Waals surface area contributed by atoms with Gasteiger partial charge in [0.15, 0.2) is 5.16 Å². The molecule has 33 heavy (non-hydrogen) atoms. The Morgan fingerprint density at radius 2 is 1.76 bits per heavy atom. The number of nitrogens with one attached hydrogen (secondary N) is 2. The zero-order valence-corrected chi connectivity index (χ0v) is 18.8. The van der Waals surface area contributed by atoms with E-state index in [1.807, 2.05) is 19.1 Å². The first-order valence-corrected chi connectivity index (χ1v) is 11.1. The predicted molar refractivity (Wildman–Crippen MR) is 130 cm³/mol. The summed E-state index contributed by atoms with van der Waals surface area (Å²) in [5.41, 5.74) is 2.40. The fourth-order valence-electron chi connectivity index (χ4n) is 3.26. The maximum Gasteiger partial charge on any atom is 0.267 e. The van der Waals surface area contributed by atoms with Crippen LogP contribution in [0.25, 0.3) is 16.7 Å². The zero-order valence-electron chi connectivity index (χ0n) is 18.0. The summed E-state index contributed by atoms with van der Waals surface area (Å²) >= 11 is 1.15. The third-order valence-corrected chi connectivity index (χ3v) is 5.61. The van der Waals surface area contributed by atoms with Gasteiger partial charge in [-0.25, -0.2) is 14.5 Å². The molecule has 0 aliphatic heterocycles. The van der Waals surface area contributed by atoms with Crippen LogP contribution in [0, 0.1) is 6.92 Å². The lowest BCUT2D eigenvalue weighted by Gasteiger charge is -2.13. The Labute approximate surface area is 194 Å². The number of carbonyl (C=O) groups is 2. The van der Waals surface area contributed by atoms with E-state index in [9.17, 15) is 14.4 Å². The molecule has 8 nitrogen and oxygen atoms in total. The number of thioether (sulfide) groups is 1. The molecule has 0 radical (unpaired) electrons. The minimum absolute atomic E-state index is 0.0287. The highest BCUT2D eigenvalue weighted by molar-refractivity contribution is 7.99. The second kappa shape index (κ2) is 9.66. The largest absolute Gasteiger partial charge is 0.326 e. The standard InChI is InChI=1S/C24H21N5O3S/c1-15-10-11-25-21(12-15)29-23(32)19-8-3-4-9-20(19)28-24(29)33-14-22(31)27-18-7-5-6-17(13-18)26-16(2)30/h3-13H,14H2,1-2H3,(H,26,30)(H,27,31). The number of aromatic nitrogens is 3. The Morgan fingerprint density at radius 1 is 1.00 bits per heavy atom. The number of hydrogen-bond acceptors (Lipinski definition) is 6. The molecule has 0 saturated carbocycles. The van der Waals surface area contributed by atoms with Crippen LogP contribution >= 0.6 is 11.8 Å². The van der Waals surface area contributed by atoms with Crippen molar-refractivity contribution in [3.8, 4) is 5.82 Å². The Hall–Kier alpha value is -3.98. The molecule has 2 N–H and O–H groups in total. The van der Waals surface area contributed by atoms with Gasteiger partial charge in [0, 0.05) is 24.5 Å². The minimum atomic E-state index is -0.272. The topological polar surface area (TPSA) is 106 Å². The fourth-order valence-corrected chi connectivity index (χ4v) is 4.06. The van der Waals surface area contributed by atoms with Crippen LogP contribution in [0.5, 0.6) is 0 Å². The van der Waals surface area contributed by atoms with Crippen LogP contribution in [0.15, 0.2) is 76.8 Å². The Balaban J connectivity index is 1.61. The SMILES string of the molecule is CC(=O)Nc1cccc(NC(=O)CSc2nc3ccccc3c(=O)n2-c2cc(C)ccn2)c1. The van der Waals surface area contributed by atoms with Crippen LogP contribution < -0.4 is 16.2 Å². The zero-order chi connectivity index (χ0) is 23.4. The number of carbonyl (C=O) groups excluding carboxylic acids is 2. The molecule has 4 rings (SSSR count). The average Bonchev–Trinajstić information content (AvgIpc) is 2.77. The van der Waals surface area contributed by atoms with Gasteiger partial charge in [-0.15, -0.1) is 0 Å². The second-order valence-corrected chi connectivity index (χ2v) is 8.28. The van der Waals surface area contributed by atoms with Crippen molar-refractivity contribution in [3.63, 3.8) is 0 Å². The van der Waals surface area contributed by atoms with Gasteiger partial charge in [0.2, 0.25) is 11.8 Å². The molecule has 0 spiro atoms. The van der Waals surface area contributed by atoms with Gasteiger partial charge in [-0.2, -0.15) is 0 Å². The summed E-state index contributed by atoms with van der Waals surface area (Å²) in [7, 11) is 0. The molecular formula is C24H21N5O3S.